The van der Waals surface area contributed by atoms with Gasteiger partial charge in [-0.05, 0) is 30.5 Å². The number of rotatable bonds is 14. The Balaban J connectivity index is 1.76. The van der Waals surface area contributed by atoms with E-state index < -0.39 is 16.5 Å². The van der Waals surface area contributed by atoms with Crippen molar-refractivity contribution in [2.24, 2.45) is 0 Å². The van der Waals surface area contributed by atoms with E-state index in [1.54, 1.807) is 30.0 Å². The number of hydrogen-bond acceptors (Lipinski definition) is 9. The van der Waals surface area contributed by atoms with Crippen LogP contribution in [0.2, 0.25) is 0 Å². The number of unbranched alkanes of at least 4 members (excludes halogenated alkanes) is 1. The first kappa shape index (κ1) is 28.8. The molecule has 38 heavy (non-hydrogen) atoms. The molecule has 0 saturated carbocycles. The fourth-order valence-corrected chi connectivity index (χ4v) is 4.25. The van der Waals surface area contributed by atoms with E-state index in [-0.39, 0.29) is 55.5 Å². The van der Waals surface area contributed by atoms with Crippen LogP contribution >= 0.6 is 0 Å². The van der Waals surface area contributed by atoms with Crippen LogP contribution in [0.15, 0.2) is 29.1 Å². The highest BCUT2D eigenvalue weighted by atomic mass is 32.2. The molecule has 1 amide bonds. The maximum Gasteiger partial charge on any atom is 0.327 e. The lowest BCUT2D eigenvalue weighted by molar-refractivity contribution is -0.134. The monoisotopic (exact) mass is 546 g/mol. The Labute approximate surface area is 223 Å². The van der Waals surface area contributed by atoms with Crippen molar-refractivity contribution in [2.45, 2.75) is 52.6 Å². The van der Waals surface area contributed by atoms with Crippen molar-refractivity contribution in [1.29, 1.82) is 0 Å². The lowest BCUT2D eigenvalue weighted by atomic mass is 10.2. The van der Waals surface area contributed by atoms with Gasteiger partial charge in [-0.1, -0.05) is 32.4 Å². The molecule has 3 rings (SSSR count). The fourth-order valence-electron chi connectivity index (χ4n) is 3.72. The van der Waals surface area contributed by atoms with Crippen molar-refractivity contribution in [2.75, 3.05) is 30.9 Å². The normalized spacial score (nSPS) is 11.9. The minimum atomic E-state index is -1.32. The molecule has 1 atom stereocenters. The van der Waals surface area contributed by atoms with Crippen molar-refractivity contribution < 1.29 is 23.3 Å². The molecular weight excluding hydrogens is 512 g/mol. The second kappa shape index (κ2) is 13.7. The zero-order chi connectivity index (χ0) is 27.7. The number of imidazole rings is 1. The molecule has 0 aliphatic rings. The summed E-state index contributed by atoms with van der Waals surface area (Å²) < 4.78 is 24.0. The van der Waals surface area contributed by atoms with E-state index in [4.69, 9.17) is 15.2 Å². The molecule has 206 valence electrons. The molecule has 3 N–H and O–H groups in total. The first-order valence-electron chi connectivity index (χ1n) is 12.5. The first-order valence-corrected chi connectivity index (χ1v) is 14.2. The van der Waals surface area contributed by atoms with Gasteiger partial charge < -0.3 is 25.1 Å². The third-order valence-electron chi connectivity index (χ3n) is 5.64. The number of nitrogens with zero attached hydrogens (tertiary/aromatic N) is 4. The number of aromatic nitrogens is 4. The molecule has 3 aromatic rings. The van der Waals surface area contributed by atoms with Gasteiger partial charge in [0.2, 0.25) is 5.91 Å². The van der Waals surface area contributed by atoms with Crippen LogP contribution in [0.3, 0.4) is 0 Å². The number of nitrogen functional groups attached to an aromatic ring is 1. The van der Waals surface area contributed by atoms with Crippen LogP contribution in [0.25, 0.3) is 11.2 Å². The van der Waals surface area contributed by atoms with Crippen LogP contribution in [-0.4, -0.2) is 65.7 Å². The van der Waals surface area contributed by atoms with Gasteiger partial charge in [0.15, 0.2) is 11.5 Å². The second-order valence-corrected chi connectivity index (χ2v) is 10.2. The number of ether oxygens (including phenoxy) is 2. The first-order chi connectivity index (χ1) is 18.2. The molecule has 0 spiro atoms. The van der Waals surface area contributed by atoms with Gasteiger partial charge in [0.05, 0.1) is 6.61 Å². The summed E-state index contributed by atoms with van der Waals surface area (Å²) in [6.45, 7) is 4.93. The van der Waals surface area contributed by atoms with Gasteiger partial charge in [0.25, 0.3) is 0 Å². The van der Waals surface area contributed by atoms with Crippen LogP contribution in [0, 0.1) is 0 Å². The van der Waals surface area contributed by atoms with E-state index >= 15 is 0 Å². The number of carbonyl (C=O) groups excluding carboxylic acids is 2. The molecule has 12 nitrogen and oxygen atoms in total. The fraction of sp³-hybridized carbons (Fsp3) is 0.480. The van der Waals surface area contributed by atoms with Crippen molar-refractivity contribution in [3.8, 4) is 11.8 Å². The molecule has 1 aromatic carbocycles. The minimum absolute atomic E-state index is 0.0992. The number of H-pyrrole nitrogens is 1. The van der Waals surface area contributed by atoms with E-state index in [9.17, 15) is 18.6 Å². The maximum absolute atomic E-state index is 12.9. The van der Waals surface area contributed by atoms with Crippen LogP contribution in [0.1, 0.15) is 45.1 Å². The van der Waals surface area contributed by atoms with Gasteiger partial charge in [-0.25, -0.2) is 4.79 Å². The van der Waals surface area contributed by atoms with Crippen molar-refractivity contribution in [3.63, 3.8) is 0 Å². The van der Waals surface area contributed by atoms with E-state index in [0.717, 1.165) is 18.4 Å². The van der Waals surface area contributed by atoms with Gasteiger partial charge in [-0.2, -0.15) is 9.97 Å². The van der Waals surface area contributed by atoms with Gasteiger partial charge in [0, 0.05) is 43.1 Å². The van der Waals surface area contributed by atoms with Crippen molar-refractivity contribution >= 4 is 39.7 Å². The third kappa shape index (κ3) is 7.88. The van der Waals surface area contributed by atoms with Gasteiger partial charge in [-0.15, -0.1) is 0 Å². The highest BCUT2D eigenvalue weighted by Crippen LogP contribution is 2.19. The SMILES string of the molecule is CCCCOc1nc(N)c2[nH]c(=O)n(CCCN(Cc3cccc(OC(=O)CC)c3)C(=O)CS(C)=O)c2n1. The third-order valence-corrected chi connectivity index (χ3v) is 6.29. The molecule has 13 heteroatoms. The predicted molar refractivity (Wildman–Crippen MR) is 144 cm³/mol. The molecular formula is C25H34N6O6S. The topological polar surface area (TPSA) is 162 Å². The molecule has 0 bridgehead atoms. The van der Waals surface area contributed by atoms with Gasteiger partial charge in [-0.3, -0.25) is 18.4 Å². The summed E-state index contributed by atoms with van der Waals surface area (Å²) in [5.74, 6) is -0.265. The maximum atomic E-state index is 12.9. The summed E-state index contributed by atoms with van der Waals surface area (Å²) in [5.41, 5.74) is 7.02. The number of aryl methyl sites for hydroxylation is 1. The number of fused-ring (bicyclic) bond motifs is 1. The Hall–Kier alpha value is -3.74. The second-order valence-electron chi connectivity index (χ2n) is 8.74. The number of nitrogens with two attached hydrogens (primary N) is 1. The molecule has 0 saturated heterocycles. The van der Waals surface area contributed by atoms with E-state index in [1.807, 2.05) is 13.0 Å². The number of nitrogens with one attached hydrogen (secondary N) is 1. The Morgan fingerprint density at radius 3 is 2.71 bits per heavy atom. The Bertz CT molecular complexity index is 1350. The number of hydrogen-bond donors (Lipinski definition) is 2. The average molecular weight is 547 g/mol. The Kier molecular flexibility index (Phi) is 10.4. The van der Waals surface area contributed by atoms with Crippen LogP contribution in [-0.2, 0) is 33.5 Å². The lowest BCUT2D eigenvalue weighted by Gasteiger charge is -2.23. The summed E-state index contributed by atoms with van der Waals surface area (Å²) in [6, 6.07) is 7.02. The van der Waals surface area contributed by atoms with Gasteiger partial charge in [0.1, 0.15) is 17.0 Å². The summed E-state index contributed by atoms with van der Waals surface area (Å²) in [4.78, 5) is 49.9. The van der Waals surface area contributed by atoms with E-state index in [0.29, 0.717) is 29.9 Å². The number of amides is 1. The standard InChI is InChI=1S/C25H34N6O6S/c1-4-6-13-36-24-28-22(26)21-23(29-24)31(25(34)27-21)12-8-11-30(19(32)16-38(3)35)15-17-9-7-10-18(14-17)37-20(33)5-2/h7,9-10,14H,4-6,8,11-13,15-16H2,1-3H3,(H,27,34)(H2,26,28,29). The van der Waals surface area contributed by atoms with Crippen LogP contribution < -0.4 is 20.9 Å². The van der Waals surface area contributed by atoms with E-state index in [2.05, 4.69) is 15.0 Å². The molecule has 1 unspecified atom stereocenters. The zero-order valence-electron chi connectivity index (χ0n) is 21.9. The quantitative estimate of drug-likeness (QED) is 0.175. The molecule has 0 aliphatic heterocycles. The zero-order valence-corrected chi connectivity index (χ0v) is 22.7. The van der Waals surface area contributed by atoms with Crippen LogP contribution in [0.4, 0.5) is 5.82 Å². The summed E-state index contributed by atoms with van der Waals surface area (Å²) in [5, 5.41) is 0. The average Bonchev–Trinajstić information content (AvgIpc) is 3.19. The summed E-state index contributed by atoms with van der Waals surface area (Å²) in [7, 11) is -1.32. The Morgan fingerprint density at radius 2 is 2.00 bits per heavy atom. The molecule has 0 fully saturated rings. The minimum Gasteiger partial charge on any atom is -0.463 e. The number of anilines is 1. The summed E-state index contributed by atoms with van der Waals surface area (Å²) >= 11 is 0. The molecule has 2 aromatic heterocycles. The van der Waals surface area contributed by atoms with E-state index in [1.165, 1.54) is 10.8 Å². The number of esters is 1. The van der Waals surface area contributed by atoms with Gasteiger partial charge >= 0.3 is 17.7 Å². The highest BCUT2D eigenvalue weighted by Gasteiger charge is 2.18. The van der Waals surface area contributed by atoms with Crippen molar-refractivity contribution in [1.82, 2.24) is 24.4 Å². The molecule has 0 radical (unpaired) electrons. The largest absolute Gasteiger partial charge is 0.463 e. The lowest BCUT2D eigenvalue weighted by Crippen LogP contribution is -2.35. The summed E-state index contributed by atoms with van der Waals surface area (Å²) in [6.07, 6.45) is 3.90. The smallest absolute Gasteiger partial charge is 0.327 e. The van der Waals surface area contributed by atoms with Crippen LogP contribution in [0.5, 0.6) is 11.8 Å². The number of aromatic amines is 1. The highest BCUT2D eigenvalue weighted by molar-refractivity contribution is 7.85. The Morgan fingerprint density at radius 1 is 1.21 bits per heavy atom. The number of carbonyl (C=O) groups is 2. The predicted octanol–water partition coefficient (Wildman–Crippen LogP) is 1.99. The molecule has 2 heterocycles. The molecule has 0 aliphatic carbocycles. The van der Waals surface area contributed by atoms with Crippen molar-refractivity contribution in [3.05, 3.63) is 40.3 Å². The number of benzene rings is 1.